The van der Waals surface area contributed by atoms with Gasteiger partial charge in [-0.3, -0.25) is 15.0 Å². The van der Waals surface area contributed by atoms with Gasteiger partial charge in [0.15, 0.2) is 0 Å². The summed E-state index contributed by atoms with van der Waals surface area (Å²) in [5, 5.41) is 10.8. The second kappa shape index (κ2) is 10.6. The smallest absolute Gasteiger partial charge is 0.339 e. The molecule has 1 saturated heterocycles. The van der Waals surface area contributed by atoms with Gasteiger partial charge in [0.1, 0.15) is 6.61 Å². The molecule has 1 heterocycles. The number of carbonyl (C=O) groups excluding carboxylic acids is 1. The monoisotopic (exact) mass is 438 g/mol. The van der Waals surface area contributed by atoms with Crippen molar-refractivity contribution in [2.24, 2.45) is 0 Å². The second-order valence-electron chi connectivity index (χ2n) is 7.08. The average Bonchev–Trinajstić information content (AvgIpc) is 2.68. The minimum absolute atomic E-state index is 0. The Morgan fingerprint density at radius 2 is 1.97 bits per heavy atom. The molecule has 0 bridgehead atoms. The van der Waals surface area contributed by atoms with E-state index in [2.05, 4.69) is 17.9 Å². The first-order chi connectivity index (χ1) is 13.5. The van der Waals surface area contributed by atoms with Crippen molar-refractivity contribution in [3.63, 3.8) is 0 Å². The van der Waals surface area contributed by atoms with Gasteiger partial charge in [-0.1, -0.05) is 42.3 Å². The lowest BCUT2D eigenvalue weighted by molar-refractivity contribution is -0.384. The summed E-state index contributed by atoms with van der Waals surface area (Å²) >= 11 is 6.01. The van der Waals surface area contributed by atoms with E-state index in [-0.39, 0.29) is 35.3 Å². The first-order valence-corrected chi connectivity index (χ1v) is 9.75. The van der Waals surface area contributed by atoms with E-state index in [1.165, 1.54) is 31.4 Å². The zero-order valence-electron chi connectivity index (χ0n) is 16.2. The van der Waals surface area contributed by atoms with Gasteiger partial charge >= 0.3 is 5.97 Å². The maximum Gasteiger partial charge on any atom is 0.339 e. The molecule has 0 amide bonds. The number of hydrogen-bond donors (Lipinski definition) is 0. The molecule has 29 heavy (non-hydrogen) atoms. The standard InChI is InChI=1S/C21H23ClN2O4.ClH/c1-15-6-4-5-11-23(15)13-16-7-2-3-8-17(16)14-28-21(25)19-10-9-18(24(26)27)12-20(19)22;/h2-3,7-10,12,15H,4-6,11,13-14H2,1H3;1H. The SMILES string of the molecule is CC1CCCCN1Cc1ccccc1COC(=O)c1ccc([N+](=O)[O-])cc1Cl.Cl. The van der Waals surface area contributed by atoms with Crippen molar-refractivity contribution < 1.29 is 14.5 Å². The van der Waals surface area contributed by atoms with Gasteiger partial charge in [-0.15, -0.1) is 12.4 Å². The Bertz CT molecular complexity index is 876. The minimum Gasteiger partial charge on any atom is -0.457 e. The molecule has 156 valence electrons. The number of esters is 1. The normalized spacial score (nSPS) is 16.7. The van der Waals surface area contributed by atoms with Crippen LogP contribution in [0.15, 0.2) is 42.5 Å². The van der Waals surface area contributed by atoms with E-state index in [0.717, 1.165) is 30.3 Å². The Morgan fingerprint density at radius 3 is 2.62 bits per heavy atom. The highest BCUT2D eigenvalue weighted by Crippen LogP contribution is 2.24. The van der Waals surface area contributed by atoms with Crippen molar-refractivity contribution in [3.05, 3.63) is 74.3 Å². The largest absolute Gasteiger partial charge is 0.457 e. The van der Waals surface area contributed by atoms with Crippen LogP contribution in [0.1, 0.15) is 47.7 Å². The number of nitro groups is 1. The lowest BCUT2D eigenvalue weighted by Crippen LogP contribution is -2.37. The summed E-state index contributed by atoms with van der Waals surface area (Å²) in [6.07, 6.45) is 3.68. The number of benzene rings is 2. The highest BCUT2D eigenvalue weighted by molar-refractivity contribution is 6.33. The van der Waals surface area contributed by atoms with Crippen LogP contribution in [0.25, 0.3) is 0 Å². The van der Waals surface area contributed by atoms with Gasteiger partial charge in [0.2, 0.25) is 0 Å². The lowest BCUT2D eigenvalue weighted by Gasteiger charge is -2.33. The average molecular weight is 439 g/mol. The van der Waals surface area contributed by atoms with Gasteiger partial charge in [-0.2, -0.15) is 0 Å². The molecule has 1 atom stereocenters. The molecule has 2 aromatic rings. The lowest BCUT2D eigenvalue weighted by atomic mass is 10.0. The molecule has 1 unspecified atom stereocenters. The molecule has 0 N–H and O–H groups in total. The molecule has 6 nitrogen and oxygen atoms in total. The Kier molecular flexibility index (Phi) is 8.44. The van der Waals surface area contributed by atoms with Crippen LogP contribution in [0.4, 0.5) is 5.69 Å². The van der Waals surface area contributed by atoms with Crippen molar-refractivity contribution in [1.82, 2.24) is 4.90 Å². The maximum absolute atomic E-state index is 12.4. The first-order valence-electron chi connectivity index (χ1n) is 9.37. The number of nitro benzene ring substituents is 1. The van der Waals surface area contributed by atoms with Crippen LogP contribution < -0.4 is 0 Å². The van der Waals surface area contributed by atoms with Crippen LogP contribution in [0.2, 0.25) is 5.02 Å². The summed E-state index contributed by atoms with van der Waals surface area (Å²) in [5.74, 6) is -0.596. The van der Waals surface area contributed by atoms with E-state index < -0.39 is 10.9 Å². The van der Waals surface area contributed by atoms with Gasteiger partial charge in [0, 0.05) is 24.7 Å². The Morgan fingerprint density at radius 1 is 1.24 bits per heavy atom. The van der Waals surface area contributed by atoms with Crippen molar-refractivity contribution in [2.45, 2.75) is 45.4 Å². The third kappa shape index (κ3) is 5.92. The van der Waals surface area contributed by atoms with Crippen molar-refractivity contribution in [3.8, 4) is 0 Å². The minimum atomic E-state index is -0.596. The summed E-state index contributed by atoms with van der Waals surface area (Å²) in [4.78, 5) is 25.1. The molecule has 1 aliphatic rings. The number of likely N-dealkylation sites (tertiary alicyclic amines) is 1. The van der Waals surface area contributed by atoms with E-state index in [9.17, 15) is 14.9 Å². The van der Waals surface area contributed by atoms with Crippen LogP contribution >= 0.6 is 24.0 Å². The maximum atomic E-state index is 12.4. The summed E-state index contributed by atoms with van der Waals surface area (Å²) < 4.78 is 5.44. The van der Waals surface area contributed by atoms with E-state index in [1.54, 1.807) is 0 Å². The van der Waals surface area contributed by atoms with Crippen LogP contribution in [0.3, 0.4) is 0 Å². The quantitative estimate of drug-likeness (QED) is 0.342. The Labute approximate surface area is 181 Å². The highest BCUT2D eigenvalue weighted by atomic mass is 35.5. The molecule has 0 aromatic heterocycles. The summed E-state index contributed by atoms with van der Waals surface area (Å²) in [6.45, 7) is 4.28. The molecule has 0 aliphatic carbocycles. The Balaban J connectivity index is 0.00000300. The third-order valence-corrected chi connectivity index (χ3v) is 5.49. The number of non-ortho nitro benzene ring substituents is 1. The molecule has 3 rings (SSSR count). The van der Waals surface area contributed by atoms with Crippen molar-refractivity contribution in [1.29, 1.82) is 0 Å². The molecule has 0 saturated carbocycles. The van der Waals surface area contributed by atoms with Crippen LogP contribution in [-0.4, -0.2) is 28.4 Å². The number of piperidine rings is 1. The van der Waals surface area contributed by atoms with Gasteiger partial charge in [0.25, 0.3) is 5.69 Å². The van der Waals surface area contributed by atoms with Crippen molar-refractivity contribution in [2.75, 3.05) is 6.54 Å². The topological polar surface area (TPSA) is 72.7 Å². The molecular formula is C21H24Cl2N2O4. The number of halogens is 2. The fourth-order valence-corrected chi connectivity index (χ4v) is 3.72. The van der Waals surface area contributed by atoms with Gasteiger partial charge in [-0.25, -0.2) is 4.79 Å². The molecular weight excluding hydrogens is 415 g/mol. The fourth-order valence-electron chi connectivity index (χ4n) is 3.47. The molecule has 1 fully saturated rings. The molecule has 1 aliphatic heterocycles. The highest BCUT2D eigenvalue weighted by Gasteiger charge is 2.20. The zero-order chi connectivity index (χ0) is 20.1. The Hall–Kier alpha value is -2.15. The number of ether oxygens (including phenoxy) is 1. The number of hydrogen-bond acceptors (Lipinski definition) is 5. The second-order valence-corrected chi connectivity index (χ2v) is 7.49. The molecule has 8 heteroatoms. The van der Waals surface area contributed by atoms with E-state index in [4.69, 9.17) is 16.3 Å². The van der Waals surface area contributed by atoms with Crippen LogP contribution in [-0.2, 0) is 17.9 Å². The van der Waals surface area contributed by atoms with Crippen molar-refractivity contribution >= 4 is 35.7 Å². The van der Waals surface area contributed by atoms with Crippen LogP contribution in [0, 0.1) is 10.1 Å². The zero-order valence-corrected chi connectivity index (χ0v) is 17.7. The summed E-state index contributed by atoms with van der Waals surface area (Å²) in [6, 6.07) is 12.2. The summed E-state index contributed by atoms with van der Waals surface area (Å²) in [5.41, 5.74) is 2.04. The number of rotatable bonds is 6. The summed E-state index contributed by atoms with van der Waals surface area (Å²) in [7, 11) is 0. The number of nitrogens with zero attached hydrogens (tertiary/aromatic N) is 2. The van der Waals surface area contributed by atoms with Gasteiger partial charge in [-0.05, 0) is 43.5 Å². The number of carbonyl (C=O) groups is 1. The van der Waals surface area contributed by atoms with E-state index in [0.29, 0.717) is 6.04 Å². The van der Waals surface area contributed by atoms with E-state index in [1.807, 2.05) is 18.2 Å². The predicted molar refractivity (Wildman–Crippen MR) is 115 cm³/mol. The third-order valence-electron chi connectivity index (χ3n) is 5.17. The van der Waals surface area contributed by atoms with E-state index >= 15 is 0 Å². The molecule has 2 aromatic carbocycles. The van der Waals surface area contributed by atoms with Gasteiger partial charge < -0.3 is 4.74 Å². The predicted octanol–water partition coefficient (Wildman–Crippen LogP) is 5.40. The first kappa shape index (κ1) is 23.1. The molecule has 0 spiro atoms. The van der Waals surface area contributed by atoms with Crippen LogP contribution in [0.5, 0.6) is 0 Å². The van der Waals surface area contributed by atoms with Gasteiger partial charge in [0.05, 0.1) is 15.5 Å². The molecule has 0 radical (unpaired) electrons. The fraction of sp³-hybridized carbons (Fsp3) is 0.381.